The minimum absolute atomic E-state index is 0.0817. The van der Waals surface area contributed by atoms with Crippen molar-refractivity contribution in [3.63, 3.8) is 0 Å². The molecule has 0 saturated carbocycles. The van der Waals surface area contributed by atoms with Crippen LogP contribution in [0.3, 0.4) is 0 Å². The minimum Gasteiger partial charge on any atom is -0.340 e. The van der Waals surface area contributed by atoms with E-state index in [1.807, 2.05) is 35.2 Å². The number of nitrogens with zero attached hydrogens (tertiary/aromatic N) is 3. The van der Waals surface area contributed by atoms with Crippen molar-refractivity contribution >= 4 is 16.9 Å². The molecule has 0 radical (unpaired) electrons. The van der Waals surface area contributed by atoms with Gasteiger partial charge in [0.2, 0.25) is 0 Å². The third-order valence-electron chi connectivity index (χ3n) is 5.22. The maximum absolute atomic E-state index is 13.5. The van der Waals surface area contributed by atoms with Crippen LogP contribution in [-0.2, 0) is 0 Å². The Kier molecular flexibility index (Phi) is 3.93. The third kappa shape index (κ3) is 2.76. The number of halogens is 1. The number of carbonyl (C=O) groups is 1. The minimum atomic E-state index is -0.312. The summed E-state index contributed by atoms with van der Waals surface area (Å²) in [4.78, 5) is 22.9. The number of aromatic amines is 2. The van der Waals surface area contributed by atoms with Crippen LogP contribution in [0.2, 0.25) is 0 Å². The first-order valence-electron chi connectivity index (χ1n) is 9.25. The first kappa shape index (κ1) is 16.7. The summed E-state index contributed by atoms with van der Waals surface area (Å²) in [5.74, 6) is 0.297. The smallest absolute Gasteiger partial charge is 0.258 e. The summed E-state index contributed by atoms with van der Waals surface area (Å²) in [6.45, 7) is 0.647. The molecule has 28 heavy (non-hydrogen) atoms. The van der Waals surface area contributed by atoms with Crippen LogP contribution in [0.5, 0.6) is 0 Å². The number of amides is 1. The summed E-state index contributed by atoms with van der Waals surface area (Å²) in [5, 5.41) is 7.04. The molecule has 0 aliphatic carbocycles. The summed E-state index contributed by atoms with van der Waals surface area (Å²) in [6, 6.07) is 14.0. The van der Waals surface area contributed by atoms with Crippen LogP contribution in [0.1, 0.15) is 35.1 Å². The Morgan fingerprint density at radius 3 is 2.89 bits per heavy atom. The van der Waals surface area contributed by atoms with Crippen LogP contribution < -0.4 is 0 Å². The number of rotatable bonds is 3. The summed E-state index contributed by atoms with van der Waals surface area (Å²) in [5.41, 5.74) is 3.51. The number of H-pyrrole nitrogens is 2. The van der Waals surface area contributed by atoms with E-state index in [1.54, 1.807) is 12.3 Å². The highest BCUT2D eigenvalue weighted by molar-refractivity contribution is 6.00. The Morgan fingerprint density at radius 2 is 2.04 bits per heavy atom. The fourth-order valence-corrected chi connectivity index (χ4v) is 3.88. The molecular formula is C21H18FN5O. The highest BCUT2D eigenvalue weighted by Gasteiger charge is 2.34. The van der Waals surface area contributed by atoms with E-state index in [9.17, 15) is 9.18 Å². The Balaban J connectivity index is 1.49. The van der Waals surface area contributed by atoms with Gasteiger partial charge in [-0.1, -0.05) is 30.3 Å². The third-order valence-corrected chi connectivity index (χ3v) is 5.22. The van der Waals surface area contributed by atoms with Gasteiger partial charge in [-0.2, -0.15) is 5.10 Å². The molecule has 0 bridgehead atoms. The molecule has 3 heterocycles. The van der Waals surface area contributed by atoms with Crippen molar-refractivity contribution in [2.45, 2.75) is 18.9 Å². The van der Waals surface area contributed by atoms with E-state index in [1.165, 1.54) is 12.1 Å². The lowest BCUT2D eigenvalue weighted by Crippen LogP contribution is -2.31. The van der Waals surface area contributed by atoms with Crippen LogP contribution in [0.25, 0.3) is 22.3 Å². The molecule has 140 valence electrons. The molecular weight excluding hydrogens is 357 g/mol. The lowest BCUT2D eigenvalue weighted by Gasteiger charge is -2.23. The van der Waals surface area contributed by atoms with Crippen LogP contribution in [0.15, 0.2) is 54.7 Å². The number of nitrogens with one attached hydrogen (secondary N) is 2. The second kappa shape index (κ2) is 6.60. The van der Waals surface area contributed by atoms with Gasteiger partial charge in [0.25, 0.3) is 5.91 Å². The molecule has 1 fully saturated rings. The molecule has 1 saturated heterocycles. The van der Waals surface area contributed by atoms with Gasteiger partial charge in [-0.15, -0.1) is 0 Å². The van der Waals surface area contributed by atoms with Gasteiger partial charge >= 0.3 is 0 Å². The van der Waals surface area contributed by atoms with Gasteiger partial charge < -0.3 is 9.88 Å². The molecule has 2 aromatic heterocycles. The van der Waals surface area contributed by atoms with Crippen molar-refractivity contribution in [2.75, 3.05) is 6.54 Å². The largest absolute Gasteiger partial charge is 0.340 e. The Labute approximate surface area is 160 Å². The second-order valence-electron chi connectivity index (χ2n) is 6.96. The van der Waals surface area contributed by atoms with Gasteiger partial charge in [0.05, 0.1) is 34.5 Å². The molecule has 4 aromatic rings. The van der Waals surface area contributed by atoms with Crippen molar-refractivity contribution in [1.82, 2.24) is 25.1 Å². The van der Waals surface area contributed by atoms with E-state index in [2.05, 4.69) is 20.2 Å². The fraction of sp³-hybridized carbons (Fsp3) is 0.190. The van der Waals surface area contributed by atoms with Gasteiger partial charge in [0, 0.05) is 12.1 Å². The molecule has 2 N–H and O–H groups in total. The van der Waals surface area contributed by atoms with Crippen LogP contribution in [0.4, 0.5) is 4.39 Å². The van der Waals surface area contributed by atoms with E-state index in [0.29, 0.717) is 34.7 Å². The van der Waals surface area contributed by atoms with E-state index >= 15 is 0 Å². The van der Waals surface area contributed by atoms with Gasteiger partial charge in [-0.05, 0) is 31.0 Å². The predicted octanol–water partition coefficient (Wildman–Crippen LogP) is 4.07. The molecule has 1 aliphatic heterocycles. The zero-order valence-corrected chi connectivity index (χ0v) is 15.0. The Morgan fingerprint density at radius 1 is 1.18 bits per heavy atom. The van der Waals surface area contributed by atoms with E-state index in [4.69, 9.17) is 0 Å². The number of benzene rings is 2. The van der Waals surface area contributed by atoms with Crippen molar-refractivity contribution in [3.05, 3.63) is 71.9 Å². The normalized spacial score (nSPS) is 16.8. The molecule has 1 atom stereocenters. The monoisotopic (exact) mass is 375 g/mol. The number of aromatic nitrogens is 4. The zero-order valence-electron chi connectivity index (χ0n) is 15.0. The average Bonchev–Trinajstić information content (AvgIpc) is 3.45. The number of carbonyl (C=O) groups excluding carboxylic acids is 1. The first-order chi connectivity index (χ1) is 13.7. The summed E-state index contributed by atoms with van der Waals surface area (Å²) in [6.07, 6.45) is 3.28. The quantitative estimate of drug-likeness (QED) is 0.567. The van der Waals surface area contributed by atoms with Gasteiger partial charge in [0.15, 0.2) is 0 Å². The maximum Gasteiger partial charge on any atom is 0.258 e. The molecule has 6 nitrogen and oxygen atoms in total. The van der Waals surface area contributed by atoms with Gasteiger partial charge in [-0.3, -0.25) is 9.89 Å². The number of fused-ring (bicyclic) bond motifs is 1. The molecule has 7 heteroatoms. The van der Waals surface area contributed by atoms with Gasteiger partial charge in [-0.25, -0.2) is 9.37 Å². The van der Waals surface area contributed by atoms with Crippen LogP contribution >= 0.6 is 0 Å². The Bertz CT molecular complexity index is 1150. The number of likely N-dealkylation sites (tertiary alicyclic amines) is 1. The fourth-order valence-electron chi connectivity index (χ4n) is 3.88. The molecule has 5 rings (SSSR count). The van der Waals surface area contributed by atoms with E-state index in [-0.39, 0.29) is 17.8 Å². The van der Waals surface area contributed by atoms with Crippen molar-refractivity contribution in [3.8, 4) is 11.3 Å². The summed E-state index contributed by atoms with van der Waals surface area (Å²) in [7, 11) is 0. The van der Waals surface area contributed by atoms with Crippen molar-refractivity contribution < 1.29 is 9.18 Å². The second-order valence-corrected chi connectivity index (χ2v) is 6.96. The molecule has 0 unspecified atom stereocenters. The molecule has 1 amide bonds. The zero-order chi connectivity index (χ0) is 19.1. The Hall–Kier alpha value is -3.48. The molecule has 0 spiro atoms. The van der Waals surface area contributed by atoms with E-state index < -0.39 is 0 Å². The molecule has 1 aliphatic rings. The lowest BCUT2D eigenvalue weighted by molar-refractivity contribution is 0.0731. The topological polar surface area (TPSA) is 77.7 Å². The SMILES string of the molecule is O=C(c1cn[nH]c1-c1ccccc1)N1CCC[C@H]1c1nc2ccc(F)cc2[nH]1. The van der Waals surface area contributed by atoms with Crippen LogP contribution in [0, 0.1) is 5.82 Å². The highest BCUT2D eigenvalue weighted by Crippen LogP contribution is 2.34. The average molecular weight is 375 g/mol. The van der Waals surface area contributed by atoms with E-state index in [0.717, 1.165) is 18.4 Å². The maximum atomic E-state index is 13.5. The van der Waals surface area contributed by atoms with Crippen molar-refractivity contribution in [1.29, 1.82) is 0 Å². The van der Waals surface area contributed by atoms with Crippen LogP contribution in [-0.4, -0.2) is 37.5 Å². The lowest BCUT2D eigenvalue weighted by atomic mass is 10.1. The van der Waals surface area contributed by atoms with Crippen molar-refractivity contribution in [2.24, 2.45) is 0 Å². The highest BCUT2D eigenvalue weighted by atomic mass is 19.1. The number of hydrogen-bond acceptors (Lipinski definition) is 3. The number of hydrogen-bond donors (Lipinski definition) is 2. The molecule has 2 aromatic carbocycles. The first-order valence-corrected chi connectivity index (χ1v) is 9.25. The summed E-state index contributed by atoms with van der Waals surface area (Å²) < 4.78 is 13.5. The predicted molar refractivity (Wildman–Crippen MR) is 103 cm³/mol. The standard InChI is InChI=1S/C21H18FN5O/c22-14-8-9-16-17(11-14)25-20(24-16)18-7-4-10-27(18)21(28)15-12-23-26-19(15)13-5-2-1-3-6-13/h1-3,5-6,8-9,11-12,18H,4,7,10H2,(H,23,26)(H,24,25)/t18-/m0/s1. The number of imidazole rings is 1. The summed E-state index contributed by atoms with van der Waals surface area (Å²) >= 11 is 0. The van der Waals surface area contributed by atoms with Gasteiger partial charge in [0.1, 0.15) is 11.6 Å².